The lowest BCUT2D eigenvalue weighted by atomic mass is 9.98. The van der Waals surface area contributed by atoms with Crippen LogP contribution in [0.1, 0.15) is 33.6 Å². The van der Waals surface area contributed by atoms with Crippen molar-refractivity contribution in [1.82, 2.24) is 15.0 Å². The van der Waals surface area contributed by atoms with E-state index in [-0.39, 0.29) is 17.5 Å². The standard InChI is InChI=1S/C24H33N5O6/c1-24(2,3)35-23(30)28-11-9-26(10-12-28)18-5-7-27(8-6-18)20-14-22(33-4)21(29(31)32)13-19(20)17-15-25-34-16-17/h13-16,18H,5-12H2,1-4H3. The van der Waals surface area contributed by atoms with Crippen molar-refractivity contribution in [3.05, 3.63) is 34.7 Å². The Morgan fingerprint density at radius 1 is 1.14 bits per heavy atom. The van der Waals surface area contributed by atoms with Gasteiger partial charge in [-0.05, 0) is 33.6 Å². The van der Waals surface area contributed by atoms with Gasteiger partial charge in [0.15, 0.2) is 5.75 Å². The molecule has 11 heteroatoms. The largest absolute Gasteiger partial charge is 0.490 e. The molecule has 2 aliphatic heterocycles. The van der Waals surface area contributed by atoms with E-state index in [1.165, 1.54) is 19.4 Å². The summed E-state index contributed by atoms with van der Waals surface area (Å²) >= 11 is 0. The molecule has 190 valence electrons. The minimum absolute atomic E-state index is 0.0924. The maximum absolute atomic E-state index is 12.4. The Hall–Kier alpha value is -3.34. The number of rotatable bonds is 5. The van der Waals surface area contributed by atoms with E-state index in [0.717, 1.165) is 44.7 Å². The highest BCUT2D eigenvalue weighted by Crippen LogP contribution is 2.41. The quantitative estimate of drug-likeness (QED) is 0.459. The summed E-state index contributed by atoms with van der Waals surface area (Å²) in [6.45, 7) is 10.2. The topological polar surface area (TPSA) is 114 Å². The van der Waals surface area contributed by atoms with Gasteiger partial charge >= 0.3 is 11.8 Å². The molecule has 0 spiro atoms. The predicted molar refractivity (Wildman–Crippen MR) is 130 cm³/mol. The second-order valence-electron chi connectivity index (χ2n) is 9.93. The monoisotopic (exact) mass is 487 g/mol. The third-order valence-electron chi connectivity index (χ3n) is 6.52. The number of aromatic nitrogens is 1. The SMILES string of the molecule is COc1cc(N2CCC(N3CCN(C(=O)OC(C)(C)C)CC3)CC2)c(-c2cnoc2)cc1[N+](=O)[O-]. The van der Waals surface area contributed by atoms with Gasteiger partial charge in [-0.3, -0.25) is 15.0 Å². The van der Waals surface area contributed by atoms with Gasteiger partial charge in [0.2, 0.25) is 0 Å². The number of ether oxygens (including phenoxy) is 2. The highest BCUT2D eigenvalue weighted by atomic mass is 16.6. The maximum Gasteiger partial charge on any atom is 0.410 e. The summed E-state index contributed by atoms with van der Waals surface area (Å²) in [7, 11) is 1.44. The summed E-state index contributed by atoms with van der Waals surface area (Å²) in [6, 6.07) is 3.69. The van der Waals surface area contributed by atoms with Crippen molar-refractivity contribution >= 4 is 17.5 Å². The van der Waals surface area contributed by atoms with Crippen LogP contribution in [0.5, 0.6) is 5.75 Å². The predicted octanol–water partition coefficient (Wildman–Crippen LogP) is 3.78. The fourth-order valence-electron chi connectivity index (χ4n) is 4.76. The van der Waals surface area contributed by atoms with Gasteiger partial charge in [0.05, 0.1) is 18.2 Å². The van der Waals surface area contributed by atoms with Gasteiger partial charge < -0.3 is 23.8 Å². The fourth-order valence-corrected chi connectivity index (χ4v) is 4.76. The number of methoxy groups -OCH3 is 1. The molecule has 4 rings (SSSR count). The highest BCUT2D eigenvalue weighted by molar-refractivity contribution is 5.82. The van der Waals surface area contributed by atoms with Crippen LogP contribution in [0.15, 0.2) is 29.1 Å². The van der Waals surface area contributed by atoms with Gasteiger partial charge in [0.25, 0.3) is 0 Å². The van der Waals surface area contributed by atoms with Gasteiger partial charge in [0, 0.05) is 74.3 Å². The molecule has 2 fully saturated rings. The number of carbonyl (C=O) groups excluding carboxylic acids is 1. The van der Waals surface area contributed by atoms with Crippen molar-refractivity contribution in [1.29, 1.82) is 0 Å². The molecule has 0 bridgehead atoms. The summed E-state index contributed by atoms with van der Waals surface area (Å²) in [5.41, 5.74) is 1.66. The lowest BCUT2D eigenvalue weighted by molar-refractivity contribution is -0.385. The van der Waals surface area contributed by atoms with Crippen LogP contribution in [0.3, 0.4) is 0 Å². The maximum atomic E-state index is 12.4. The first-order valence-corrected chi connectivity index (χ1v) is 11.9. The highest BCUT2D eigenvalue weighted by Gasteiger charge is 2.32. The number of nitro groups is 1. The summed E-state index contributed by atoms with van der Waals surface area (Å²) in [5, 5.41) is 15.4. The van der Waals surface area contributed by atoms with Crippen LogP contribution >= 0.6 is 0 Å². The number of nitro benzene ring substituents is 1. The molecule has 0 unspecified atom stereocenters. The number of anilines is 1. The van der Waals surface area contributed by atoms with Gasteiger partial charge in [-0.15, -0.1) is 0 Å². The number of piperidine rings is 1. The second-order valence-corrected chi connectivity index (χ2v) is 9.93. The average Bonchev–Trinajstić information content (AvgIpc) is 3.37. The van der Waals surface area contributed by atoms with E-state index in [1.807, 2.05) is 20.8 Å². The van der Waals surface area contributed by atoms with E-state index >= 15 is 0 Å². The summed E-state index contributed by atoms with van der Waals surface area (Å²) in [5.74, 6) is 0.227. The molecule has 1 amide bonds. The smallest absolute Gasteiger partial charge is 0.410 e. The van der Waals surface area contributed by atoms with Crippen LogP contribution in [0.4, 0.5) is 16.2 Å². The number of hydrogen-bond donors (Lipinski definition) is 0. The Labute approximate surface area is 204 Å². The normalized spacial score (nSPS) is 17.9. The number of nitrogens with zero attached hydrogens (tertiary/aromatic N) is 5. The van der Waals surface area contributed by atoms with Crippen LogP contribution < -0.4 is 9.64 Å². The zero-order valence-electron chi connectivity index (χ0n) is 20.7. The van der Waals surface area contributed by atoms with Crippen LogP contribution in [-0.2, 0) is 4.74 Å². The molecule has 0 radical (unpaired) electrons. The molecule has 3 heterocycles. The van der Waals surface area contributed by atoms with Gasteiger partial charge in [-0.1, -0.05) is 5.16 Å². The van der Waals surface area contributed by atoms with E-state index in [4.69, 9.17) is 14.0 Å². The lowest BCUT2D eigenvalue weighted by Gasteiger charge is -2.43. The molecule has 35 heavy (non-hydrogen) atoms. The average molecular weight is 488 g/mol. The molecule has 1 aromatic carbocycles. The van der Waals surface area contributed by atoms with Crippen LogP contribution in [0, 0.1) is 10.1 Å². The summed E-state index contributed by atoms with van der Waals surface area (Å²) in [6.07, 6.45) is 4.71. The van der Waals surface area contributed by atoms with Gasteiger partial charge in [-0.25, -0.2) is 4.79 Å². The molecule has 11 nitrogen and oxygen atoms in total. The number of piperazine rings is 1. The second kappa shape index (κ2) is 10.1. The first-order chi connectivity index (χ1) is 16.7. The van der Waals surface area contributed by atoms with Crippen molar-refractivity contribution in [2.24, 2.45) is 0 Å². The number of hydrogen-bond acceptors (Lipinski definition) is 9. The summed E-state index contributed by atoms with van der Waals surface area (Å²) < 4.78 is 15.8. The Bertz CT molecular complexity index is 1040. The molecular weight excluding hydrogens is 454 g/mol. The van der Waals surface area contributed by atoms with Gasteiger partial charge in [0.1, 0.15) is 11.9 Å². The Morgan fingerprint density at radius 2 is 1.83 bits per heavy atom. The van der Waals surface area contributed by atoms with Crippen LogP contribution in [0.25, 0.3) is 11.1 Å². The van der Waals surface area contributed by atoms with E-state index in [9.17, 15) is 14.9 Å². The molecule has 0 atom stereocenters. The number of carbonyl (C=O) groups is 1. The number of amides is 1. The molecule has 2 aliphatic rings. The van der Waals surface area contributed by atoms with E-state index in [0.29, 0.717) is 30.3 Å². The third kappa shape index (κ3) is 5.67. The van der Waals surface area contributed by atoms with Crippen molar-refractivity contribution in [2.45, 2.75) is 45.3 Å². The van der Waals surface area contributed by atoms with Crippen molar-refractivity contribution < 1.29 is 23.7 Å². The van der Waals surface area contributed by atoms with Crippen molar-refractivity contribution in [3.8, 4) is 16.9 Å². The molecule has 2 aromatic rings. The van der Waals surface area contributed by atoms with Crippen LogP contribution in [0.2, 0.25) is 0 Å². The zero-order valence-corrected chi connectivity index (χ0v) is 20.7. The first-order valence-electron chi connectivity index (χ1n) is 11.9. The third-order valence-corrected chi connectivity index (χ3v) is 6.52. The zero-order chi connectivity index (χ0) is 25.2. The van der Waals surface area contributed by atoms with E-state index in [1.54, 1.807) is 17.2 Å². The minimum Gasteiger partial charge on any atom is -0.490 e. The van der Waals surface area contributed by atoms with Crippen LogP contribution in [-0.4, -0.2) is 84.0 Å². The molecule has 0 saturated carbocycles. The Balaban J connectivity index is 1.42. The van der Waals surface area contributed by atoms with E-state index < -0.39 is 10.5 Å². The van der Waals surface area contributed by atoms with Crippen molar-refractivity contribution in [2.75, 3.05) is 51.3 Å². The molecule has 0 N–H and O–H groups in total. The Morgan fingerprint density at radius 3 is 2.37 bits per heavy atom. The van der Waals surface area contributed by atoms with Gasteiger partial charge in [-0.2, -0.15) is 0 Å². The van der Waals surface area contributed by atoms with E-state index in [2.05, 4.69) is 15.0 Å². The molecule has 1 aromatic heterocycles. The van der Waals surface area contributed by atoms with Crippen molar-refractivity contribution in [3.63, 3.8) is 0 Å². The first kappa shape index (κ1) is 24.8. The molecule has 0 aliphatic carbocycles. The Kier molecular flexibility index (Phi) is 7.15. The molecule has 2 saturated heterocycles. The minimum atomic E-state index is -0.493. The fraction of sp³-hybridized carbons (Fsp3) is 0.583. The number of benzene rings is 1. The lowest BCUT2D eigenvalue weighted by Crippen LogP contribution is -2.55. The summed E-state index contributed by atoms with van der Waals surface area (Å²) in [4.78, 5) is 30.0. The molecular formula is C24H33N5O6.